The number of methoxy groups -OCH3 is 2. The first kappa shape index (κ1) is 14.7. The average Bonchev–Trinajstić information content (AvgIpc) is 2.43. The van der Waals surface area contributed by atoms with Crippen molar-refractivity contribution in [2.45, 2.75) is 6.54 Å². The Morgan fingerprint density at radius 3 is 2.45 bits per heavy atom. The van der Waals surface area contributed by atoms with Gasteiger partial charge in [0.2, 0.25) is 0 Å². The van der Waals surface area contributed by atoms with Crippen LogP contribution >= 0.6 is 15.9 Å². The molecule has 0 spiro atoms. The van der Waals surface area contributed by atoms with E-state index < -0.39 is 0 Å². The van der Waals surface area contributed by atoms with Gasteiger partial charge < -0.3 is 14.8 Å². The van der Waals surface area contributed by atoms with Crippen LogP contribution in [0.2, 0.25) is 0 Å². The Morgan fingerprint density at radius 1 is 1.05 bits per heavy atom. The quantitative estimate of drug-likeness (QED) is 0.884. The SMILES string of the molecule is COc1ccc(NCc2cc(F)cc(Br)c2)cc1OC. The fraction of sp³-hybridized carbons (Fsp3) is 0.200. The van der Waals surface area contributed by atoms with Crippen LogP contribution < -0.4 is 14.8 Å². The molecule has 2 rings (SSSR count). The van der Waals surface area contributed by atoms with E-state index in [4.69, 9.17) is 9.47 Å². The molecule has 0 fully saturated rings. The Kier molecular flexibility index (Phi) is 4.84. The fourth-order valence-electron chi connectivity index (χ4n) is 1.86. The summed E-state index contributed by atoms with van der Waals surface area (Å²) in [4.78, 5) is 0. The van der Waals surface area contributed by atoms with Gasteiger partial charge in [-0.2, -0.15) is 0 Å². The molecule has 2 aromatic carbocycles. The molecular weight excluding hydrogens is 325 g/mol. The third kappa shape index (κ3) is 3.63. The molecule has 20 heavy (non-hydrogen) atoms. The second-order valence-corrected chi connectivity index (χ2v) is 5.12. The number of rotatable bonds is 5. The Balaban J connectivity index is 2.10. The first-order valence-corrected chi connectivity index (χ1v) is 6.82. The molecular formula is C15H15BrFNO2. The summed E-state index contributed by atoms with van der Waals surface area (Å²) in [6, 6.07) is 10.3. The molecule has 0 atom stereocenters. The van der Waals surface area contributed by atoms with E-state index in [9.17, 15) is 4.39 Å². The maximum absolute atomic E-state index is 13.3. The molecule has 0 radical (unpaired) electrons. The van der Waals surface area contributed by atoms with Gasteiger partial charge in [-0.05, 0) is 35.9 Å². The second kappa shape index (κ2) is 6.61. The summed E-state index contributed by atoms with van der Waals surface area (Å²) < 4.78 is 24.4. The Bertz CT molecular complexity index is 584. The van der Waals surface area contributed by atoms with Crippen molar-refractivity contribution in [2.24, 2.45) is 0 Å². The molecule has 0 unspecified atom stereocenters. The van der Waals surface area contributed by atoms with Crippen LogP contribution in [0.1, 0.15) is 5.56 Å². The molecule has 1 N–H and O–H groups in total. The Morgan fingerprint density at radius 2 is 1.80 bits per heavy atom. The van der Waals surface area contributed by atoms with Crippen LogP contribution in [-0.2, 0) is 6.54 Å². The normalized spacial score (nSPS) is 10.2. The van der Waals surface area contributed by atoms with Gasteiger partial charge in [0.25, 0.3) is 0 Å². The highest BCUT2D eigenvalue weighted by molar-refractivity contribution is 9.10. The van der Waals surface area contributed by atoms with Crippen molar-refractivity contribution in [1.82, 2.24) is 0 Å². The van der Waals surface area contributed by atoms with E-state index in [1.165, 1.54) is 12.1 Å². The van der Waals surface area contributed by atoms with Crippen LogP contribution in [0, 0.1) is 5.82 Å². The van der Waals surface area contributed by atoms with E-state index in [0.29, 0.717) is 18.0 Å². The molecule has 0 amide bonds. The van der Waals surface area contributed by atoms with Gasteiger partial charge in [-0.1, -0.05) is 15.9 Å². The highest BCUT2D eigenvalue weighted by atomic mass is 79.9. The predicted molar refractivity (Wildman–Crippen MR) is 81.0 cm³/mol. The third-order valence-electron chi connectivity index (χ3n) is 2.80. The summed E-state index contributed by atoms with van der Waals surface area (Å²) in [7, 11) is 3.18. The lowest BCUT2D eigenvalue weighted by atomic mass is 10.2. The zero-order valence-corrected chi connectivity index (χ0v) is 12.8. The first-order chi connectivity index (χ1) is 9.62. The zero-order valence-electron chi connectivity index (χ0n) is 11.2. The molecule has 0 aliphatic carbocycles. The van der Waals surface area contributed by atoms with E-state index in [1.54, 1.807) is 14.2 Å². The number of hydrogen-bond acceptors (Lipinski definition) is 3. The van der Waals surface area contributed by atoms with Crippen molar-refractivity contribution in [1.29, 1.82) is 0 Å². The van der Waals surface area contributed by atoms with Crippen molar-refractivity contribution in [3.63, 3.8) is 0 Å². The predicted octanol–water partition coefficient (Wildman–Crippen LogP) is 4.22. The largest absolute Gasteiger partial charge is 0.493 e. The molecule has 0 saturated carbocycles. The summed E-state index contributed by atoms with van der Waals surface area (Å²) in [5.41, 5.74) is 1.73. The average molecular weight is 340 g/mol. The number of hydrogen-bond donors (Lipinski definition) is 1. The summed E-state index contributed by atoms with van der Waals surface area (Å²) >= 11 is 3.28. The Labute approximate surface area is 125 Å². The van der Waals surface area contributed by atoms with E-state index >= 15 is 0 Å². The summed E-state index contributed by atoms with van der Waals surface area (Å²) in [6.45, 7) is 0.520. The minimum absolute atomic E-state index is 0.261. The van der Waals surface area contributed by atoms with E-state index in [2.05, 4.69) is 21.2 Å². The topological polar surface area (TPSA) is 30.5 Å². The Hall–Kier alpha value is -1.75. The number of anilines is 1. The minimum Gasteiger partial charge on any atom is -0.493 e. The van der Waals surface area contributed by atoms with Gasteiger partial charge in [0.1, 0.15) is 5.82 Å². The summed E-state index contributed by atoms with van der Waals surface area (Å²) in [5.74, 6) is 1.06. The highest BCUT2D eigenvalue weighted by Gasteiger charge is 2.05. The molecule has 0 bridgehead atoms. The summed E-state index contributed by atoms with van der Waals surface area (Å²) in [5, 5.41) is 3.22. The maximum atomic E-state index is 13.3. The lowest BCUT2D eigenvalue weighted by molar-refractivity contribution is 0.355. The lowest BCUT2D eigenvalue weighted by Crippen LogP contribution is -2.01. The van der Waals surface area contributed by atoms with E-state index in [0.717, 1.165) is 15.7 Å². The molecule has 0 heterocycles. The molecule has 0 aliphatic rings. The van der Waals surface area contributed by atoms with Crippen molar-refractivity contribution in [3.8, 4) is 11.5 Å². The van der Waals surface area contributed by atoms with E-state index in [1.807, 2.05) is 24.3 Å². The van der Waals surface area contributed by atoms with Crippen molar-refractivity contribution >= 4 is 21.6 Å². The molecule has 2 aromatic rings. The number of halogens is 2. The van der Waals surface area contributed by atoms with Crippen molar-refractivity contribution in [3.05, 3.63) is 52.3 Å². The first-order valence-electron chi connectivity index (χ1n) is 6.03. The van der Waals surface area contributed by atoms with Gasteiger partial charge in [0.05, 0.1) is 14.2 Å². The van der Waals surface area contributed by atoms with Crippen LogP contribution in [-0.4, -0.2) is 14.2 Å². The maximum Gasteiger partial charge on any atom is 0.162 e. The third-order valence-corrected chi connectivity index (χ3v) is 3.26. The number of benzene rings is 2. The van der Waals surface area contributed by atoms with Crippen LogP contribution in [0.3, 0.4) is 0 Å². The van der Waals surface area contributed by atoms with E-state index in [-0.39, 0.29) is 5.82 Å². The highest BCUT2D eigenvalue weighted by Crippen LogP contribution is 2.30. The molecule has 0 aromatic heterocycles. The smallest absolute Gasteiger partial charge is 0.162 e. The van der Waals surface area contributed by atoms with Gasteiger partial charge in [-0.25, -0.2) is 4.39 Å². The van der Waals surface area contributed by atoms with Gasteiger partial charge >= 0.3 is 0 Å². The second-order valence-electron chi connectivity index (χ2n) is 4.20. The standard InChI is InChI=1S/C15H15BrFNO2/c1-19-14-4-3-13(8-15(14)20-2)18-9-10-5-11(16)7-12(17)6-10/h3-8,18H,9H2,1-2H3. The van der Waals surface area contributed by atoms with Crippen LogP contribution in [0.15, 0.2) is 40.9 Å². The van der Waals surface area contributed by atoms with Gasteiger partial charge in [0, 0.05) is 22.8 Å². The van der Waals surface area contributed by atoms with Crippen molar-refractivity contribution in [2.75, 3.05) is 19.5 Å². The zero-order chi connectivity index (χ0) is 14.5. The molecule has 0 saturated heterocycles. The van der Waals surface area contributed by atoms with Crippen LogP contribution in [0.5, 0.6) is 11.5 Å². The van der Waals surface area contributed by atoms with Crippen molar-refractivity contribution < 1.29 is 13.9 Å². The minimum atomic E-state index is -0.261. The number of ether oxygens (including phenoxy) is 2. The molecule has 106 valence electrons. The molecule has 0 aliphatic heterocycles. The lowest BCUT2D eigenvalue weighted by Gasteiger charge is -2.11. The van der Waals surface area contributed by atoms with Crippen LogP contribution in [0.4, 0.5) is 10.1 Å². The van der Waals surface area contributed by atoms with Gasteiger partial charge in [-0.3, -0.25) is 0 Å². The fourth-order valence-corrected chi connectivity index (χ4v) is 2.38. The summed E-state index contributed by atoms with van der Waals surface area (Å²) in [6.07, 6.45) is 0. The van der Waals surface area contributed by atoms with Gasteiger partial charge in [-0.15, -0.1) is 0 Å². The molecule has 5 heteroatoms. The molecule has 3 nitrogen and oxygen atoms in total. The monoisotopic (exact) mass is 339 g/mol. The van der Waals surface area contributed by atoms with Gasteiger partial charge in [0.15, 0.2) is 11.5 Å². The number of nitrogens with one attached hydrogen (secondary N) is 1. The van der Waals surface area contributed by atoms with Crippen LogP contribution in [0.25, 0.3) is 0 Å².